The van der Waals surface area contributed by atoms with Gasteiger partial charge in [-0.25, -0.2) is 4.98 Å². The highest BCUT2D eigenvalue weighted by molar-refractivity contribution is 5.83. The molecule has 3 heterocycles. The van der Waals surface area contributed by atoms with Gasteiger partial charge in [0, 0.05) is 19.3 Å². The topological polar surface area (TPSA) is 81.0 Å². The van der Waals surface area contributed by atoms with Crippen LogP contribution in [0.5, 0.6) is 0 Å². The molecule has 0 radical (unpaired) electrons. The molecule has 0 amide bonds. The molecule has 1 aliphatic heterocycles. The molecule has 3 rings (SSSR count). The number of hydrogen-bond acceptors (Lipinski definition) is 6. The zero-order valence-electron chi connectivity index (χ0n) is 14.4. The number of carbonyl (C=O) groups is 2. The van der Waals surface area contributed by atoms with E-state index in [2.05, 4.69) is 4.98 Å². The fourth-order valence-electron chi connectivity index (χ4n) is 3.23. The van der Waals surface area contributed by atoms with E-state index < -0.39 is 0 Å². The van der Waals surface area contributed by atoms with E-state index >= 15 is 0 Å². The maximum Gasteiger partial charge on any atom is 0.309 e. The lowest BCUT2D eigenvalue weighted by molar-refractivity contribution is -0.148. The lowest BCUT2D eigenvalue weighted by atomic mass is 9.97. The lowest BCUT2D eigenvalue weighted by Crippen LogP contribution is -2.39. The van der Waals surface area contributed by atoms with Crippen LogP contribution in [0.25, 0.3) is 5.65 Å². The Bertz CT molecular complexity index is 866. The van der Waals surface area contributed by atoms with Crippen molar-refractivity contribution in [3.8, 4) is 0 Å². The summed E-state index contributed by atoms with van der Waals surface area (Å²) in [5.41, 5.74) is 1.09. The number of piperidine rings is 1. The van der Waals surface area contributed by atoms with Crippen molar-refractivity contribution in [1.82, 2.24) is 9.38 Å². The van der Waals surface area contributed by atoms with Gasteiger partial charge < -0.3 is 9.64 Å². The van der Waals surface area contributed by atoms with Crippen LogP contribution in [0.1, 0.15) is 35.7 Å². The Balaban J connectivity index is 1.94. The molecule has 1 fully saturated rings. The van der Waals surface area contributed by atoms with Gasteiger partial charge in [-0.15, -0.1) is 0 Å². The summed E-state index contributed by atoms with van der Waals surface area (Å²) in [6, 6.07) is 3.63. The van der Waals surface area contributed by atoms with Crippen molar-refractivity contribution >= 4 is 23.7 Å². The summed E-state index contributed by atoms with van der Waals surface area (Å²) < 4.78 is 6.47. The number of esters is 1. The molecule has 132 valence electrons. The average Bonchev–Trinajstić information content (AvgIpc) is 2.62. The van der Waals surface area contributed by atoms with Gasteiger partial charge in [0.05, 0.1) is 12.5 Å². The predicted octanol–water partition coefficient (Wildman–Crippen LogP) is 1.59. The third kappa shape index (κ3) is 3.14. The first-order valence-electron chi connectivity index (χ1n) is 8.45. The van der Waals surface area contributed by atoms with Gasteiger partial charge in [-0.2, -0.15) is 0 Å². The first-order chi connectivity index (χ1) is 12.1. The maximum absolute atomic E-state index is 12.6. The van der Waals surface area contributed by atoms with Gasteiger partial charge in [0.25, 0.3) is 5.56 Å². The highest BCUT2D eigenvalue weighted by Crippen LogP contribution is 2.24. The Morgan fingerprint density at radius 3 is 2.76 bits per heavy atom. The number of aldehydes is 1. The summed E-state index contributed by atoms with van der Waals surface area (Å²) in [5, 5.41) is 0. The van der Waals surface area contributed by atoms with Crippen molar-refractivity contribution in [3.63, 3.8) is 0 Å². The van der Waals surface area contributed by atoms with E-state index in [1.807, 2.05) is 17.9 Å². The minimum absolute atomic E-state index is 0.0534. The molecule has 0 aliphatic carbocycles. The second kappa shape index (κ2) is 7.04. The van der Waals surface area contributed by atoms with Crippen LogP contribution < -0.4 is 10.5 Å². The normalized spacial score (nSPS) is 15.4. The van der Waals surface area contributed by atoms with E-state index in [1.165, 1.54) is 4.40 Å². The second-order valence-corrected chi connectivity index (χ2v) is 6.17. The Hall–Kier alpha value is -2.70. The molecule has 7 heteroatoms. The maximum atomic E-state index is 12.6. The lowest BCUT2D eigenvalue weighted by Gasteiger charge is -2.32. The average molecular weight is 343 g/mol. The summed E-state index contributed by atoms with van der Waals surface area (Å²) >= 11 is 0. The van der Waals surface area contributed by atoms with Gasteiger partial charge in [-0.05, 0) is 38.3 Å². The molecule has 2 aromatic rings. The van der Waals surface area contributed by atoms with Crippen LogP contribution in [0.2, 0.25) is 0 Å². The standard InChI is InChI=1S/C18H21N3O4/c1-3-25-18(24)13-6-9-20(10-7-13)16-14(11-22)17(23)21-8-4-5-12(2)15(21)19-16/h4-5,8,11,13H,3,6-7,9-10H2,1-2H3. The van der Waals surface area contributed by atoms with Crippen molar-refractivity contribution < 1.29 is 14.3 Å². The summed E-state index contributed by atoms with van der Waals surface area (Å²) in [4.78, 5) is 42.5. The molecule has 0 saturated carbocycles. The van der Waals surface area contributed by atoms with Crippen molar-refractivity contribution in [2.75, 3.05) is 24.6 Å². The fourth-order valence-corrected chi connectivity index (χ4v) is 3.23. The molecular weight excluding hydrogens is 322 g/mol. The fraction of sp³-hybridized carbons (Fsp3) is 0.444. The van der Waals surface area contributed by atoms with E-state index in [1.54, 1.807) is 19.2 Å². The van der Waals surface area contributed by atoms with Gasteiger partial charge in [0.1, 0.15) is 17.0 Å². The number of rotatable bonds is 4. The number of aromatic nitrogens is 2. The number of carbonyl (C=O) groups excluding carboxylic acids is 2. The minimum Gasteiger partial charge on any atom is -0.466 e. The van der Waals surface area contributed by atoms with Crippen molar-refractivity contribution in [1.29, 1.82) is 0 Å². The van der Waals surface area contributed by atoms with Crippen LogP contribution in [0.15, 0.2) is 23.1 Å². The highest BCUT2D eigenvalue weighted by Gasteiger charge is 2.28. The number of pyridine rings is 1. The Kier molecular flexibility index (Phi) is 4.83. The number of anilines is 1. The van der Waals surface area contributed by atoms with E-state index in [0.29, 0.717) is 50.3 Å². The number of ether oxygens (including phenoxy) is 1. The van der Waals surface area contributed by atoms with Crippen LogP contribution in [-0.4, -0.2) is 41.3 Å². The monoisotopic (exact) mass is 343 g/mol. The Morgan fingerprint density at radius 2 is 2.12 bits per heavy atom. The summed E-state index contributed by atoms with van der Waals surface area (Å²) in [5.74, 6) is 0.0796. The van der Waals surface area contributed by atoms with Gasteiger partial charge in [-0.1, -0.05) is 6.07 Å². The SMILES string of the molecule is CCOC(=O)C1CCN(c2nc3c(C)cccn3c(=O)c2C=O)CC1. The van der Waals surface area contributed by atoms with Crippen LogP contribution in [-0.2, 0) is 9.53 Å². The summed E-state index contributed by atoms with van der Waals surface area (Å²) in [6.07, 6.45) is 3.41. The molecule has 25 heavy (non-hydrogen) atoms. The number of hydrogen-bond donors (Lipinski definition) is 0. The molecule has 7 nitrogen and oxygen atoms in total. The van der Waals surface area contributed by atoms with E-state index in [0.717, 1.165) is 5.56 Å². The molecule has 0 unspecified atom stereocenters. The first-order valence-corrected chi connectivity index (χ1v) is 8.45. The molecule has 0 N–H and O–H groups in total. The smallest absolute Gasteiger partial charge is 0.309 e. The summed E-state index contributed by atoms with van der Waals surface area (Å²) in [7, 11) is 0. The molecule has 0 aromatic carbocycles. The zero-order chi connectivity index (χ0) is 18.0. The van der Waals surface area contributed by atoms with Gasteiger partial charge in [0.15, 0.2) is 6.29 Å². The largest absolute Gasteiger partial charge is 0.466 e. The molecule has 1 aliphatic rings. The Labute approximate surface area is 145 Å². The molecule has 0 atom stereocenters. The molecule has 0 bridgehead atoms. The van der Waals surface area contributed by atoms with Crippen LogP contribution in [0.3, 0.4) is 0 Å². The zero-order valence-corrected chi connectivity index (χ0v) is 14.4. The van der Waals surface area contributed by atoms with Crippen molar-refractivity contribution in [2.45, 2.75) is 26.7 Å². The number of aryl methyl sites for hydroxylation is 1. The van der Waals surface area contributed by atoms with E-state index in [9.17, 15) is 14.4 Å². The number of fused-ring (bicyclic) bond motifs is 1. The quantitative estimate of drug-likeness (QED) is 0.619. The van der Waals surface area contributed by atoms with Crippen LogP contribution in [0, 0.1) is 12.8 Å². The van der Waals surface area contributed by atoms with Gasteiger partial charge in [-0.3, -0.25) is 18.8 Å². The second-order valence-electron chi connectivity index (χ2n) is 6.17. The van der Waals surface area contributed by atoms with Crippen LogP contribution >= 0.6 is 0 Å². The number of nitrogens with zero attached hydrogens (tertiary/aromatic N) is 3. The summed E-state index contributed by atoms with van der Waals surface area (Å²) in [6.45, 7) is 5.14. The molecule has 2 aromatic heterocycles. The van der Waals surface area contributed by atoms with Gasteiger partial charge >= 0.3 is 5.97 Å². The third-order valence-corrected chi connectivity index (χ3v) is 4.60. The molecular formula is C18H21N3O4. The highest BCUT2D eigenvalue weighted by atomic mass is 16.5. The third-order valence-electron chi connectivity index (χ3n) is 4.60. The van der Waals surface area contributed by atoms with Gasteiger partial charge in [0.2, 0.25) is 0 Å². The van der Waals surface area contributed by atoms with Crippen molar-refractivity contribution in [3.05, 3.63) is 39.8 Å². The van der Waals surface area contributed by atoms with E-state index in [-0.39, 0.29) is 23.0 Å². The first kappa shape index (κ1) is 17.1. The van der Waals surface area contributed by atoms with E-state index in [4.69, 9.17) is 4.74 Å². The Morgan fingerprint density at radius 1 is 1.40 bits per heavy atom. The van der Waals surface area contributed by atoms with Crippen LogP contribution in [0.4, 0.5) is 5.82 Å². The predicted molar refractivity (Wildman–Crippen MR) is 93.2 cm³/mol. The van der Waals surface area contributed by atoms with Crippen molar-refractivity contribution in [2.24, 2.45) is 5.92 Å². The molecule has 1 saturated heterocycles. The minimum atomic E-state index is -0.369. The molecule has 0 spiro atoms.